The van der Waals surface area contributed by atoms with Crippen LogP contribution in [0.5, 0.6) is 0 Å². The van der Waals surface area contributed by atoms with E-state index >= 15 is 0 Å². The molecule has 0 aliphatic heterocycles. The molecular weight excluding hydrogens is 388 g/mol. The van der Waals surface area contributed by atoms with Gasteiger partial charge in [-0.15, -0.1) is 0 Å². The van der Waals surface area contributed by atoms with Gasteiger partial charge in [0, 0.05) is 6.42 Å². The molecular formula is C30H51N2+. The molecule has 0 saturated heterocycles. The van der Waals surface area contributed by atoms with Crippen LogP contribution >= 0.6 is 0 Å². The summed E-state index contributed by atoms with van der Waals surface area (Å²) in [6.07, 6.45) is 27.8. The summed E-state index contributed by atoms with van der Waals surface area (Å²) in [4.78, 5) is 0. The van der Waals surface area contributed by atoms with E-state index in [1.165, 1.54) is 121 Å². The lowest BCUT2D eigenvalue weighted by molar-refractivity contribution is -0.704. The molecule has 0 unspecified atom stereocenters. The Labute approximate surface area is 199 Å². The first kappa shape index (κ1) is 26.7. The highest BCUT2D eigenvalue weighted by Crippen LogP contribution is 2.12. The van der Waals surface area contributed by atoms with Crippen molar-refractivity contribution in [1.29, 1.82) is 0 Å². The second-order valence-electron chi connectivity index (χ2n) is 9.68. The van der Waals surface area contributed by atoms with Gasteiger partial charge in [-0.1, -0.05) is 115 Å². The van der Waals surface area contributed by atoms with E-state index in [2.05, 4.69) is 65.7 Å². The van der Waals surface area contributed by atoms with Gasteiger partial charge in [-0.05, 0) is 37.7 Å². The van der Waals surface area contributed by atoms with Crippen LogP contribution in [0.3, 0.4) is 0 Å². The van der Waals surface area contributed by atoms with Crippen molar-refractivity contribution < 1.29 is 4.57 Å². The van der Waals surface area contributed by atoms with E-state index in [9.17, 15) is 0 Å². The number of hydrogen-bond acceptors (Lipinski definition) is 0. The zero-order valence-electron chi connectivity index (χ0n) is 21.4. The zero-order chi connectivity index (χ0) is 22.7. The minimum atomic E-state index is 1.14. The van der Waals surface area contributed by atoms with E-state index in [1.807, 2.05) is 0 Å². The SMILES string of the molecule is CCCCCCCCCCCn1cc[n+](CCCc2ccccc2)c1CCCCCCC. The van der Waals surface area contributed by atoms with Crippen molar-refractivity contribution >= 4 is 0 Å². The van der Waals surface area contributed by atoms with Gasteiger partial charge < -0.3 is 0 Å². The minimum absolute atomic E-state index is 1.14. The normalized spacial score (nSPS) is 11.3. The zero-order valence-corrected chi connectivity index (χ0v) is 21.4. The first-order valence-electron chi connectivity index (χ1n) is 14.0. The van der Waals surface area contributed by atoms with Gasteiger partial charge in [0.05, 0.1) is 13.1 Å². The molecule has 1 aromatic carbocycles. The second kappa shape index (κ2) is 17.9. The monoisotopic (exact) mass is 439 g/mol. The number of aryl methyl sites for hydroxylation is 3. The molecule has 0 amide bonds. The van der Waals surface area contributed by atoms with E-state index in [0.29, 0.717) is 0 Å². The summed E-state index contributed by atoms with van der Waals surface area (Å²) >= 11 is 0. The van der Waals surface area contributed by atoms with Crippen LogP contribution in [0.2, 0.25) is 0 Å². The van der Waals surface area contributed by atoms with Crippen molar-refractivity contribution in [1.82, 2.24) is 4.57 Å². The highest BCUT2D eigenvalue weighted by molar-refractivity contribution is 5.14. The number of unbranched alkanes of at least 4 members (excludes halogenated alkanes) is 12. The Balaban J connectivity index is 1.76. The molecule has 0 N–H and O–H groups in total. The molecule has 0 atom stereocenters. The first-order chi connectivity index (χ1) is 15.8. The maximum Gasteiger partial charge on any atom is 0.256 e. The number of nitrogens with zero attached hydrogens (tertiary/aromatic N) is 2. The van der Waals surface area contributed by atoms with Crippen LogP contribution in [0, 0.1) is 0 Å². The van der Waals surface area contributed by atoms with E-state index in [0.717, 1.165) is 6.54 Å². The van der Waals surface area contributed by atoms with E-state index in [-0.39, 0.29) is 0 Å². The number of hydrogen-bond donors (Lipinski definition) is 0. The van der Waals surface area contributed by atoms with Gasteiger partial charge >= 0.3 is 0 Å². The van der Waals surface area contributed by atoms with Crippen LogP contribution in [0.25, 0.3) is 0 Å². The lowest BCUT2D eigenvalue weighted by Crippen LogP contribution is -2.37. The first-order valence-corrected chi connectivity index (χ1v) is 14.0. The second-order valence-corrected chi connectivity index (χ2v) is 9.68. The third-order valence-corrected chi connectivity index (χ3v) is 6.80. The molecule has 32 heavy (non-hydrogen) atoms. The van der Waals surface area contributed by atoms with Crippen LogP contribution in [0.4, 0.5) is 0 Å². The predicted molar refractivity (Wildman–Crippen MR) is 139 cm³/mol. The summed E-state index contributed by atoms with van der Waals surface area (Å²) in [5, 5.41) is 0. The lowest BCUT2D eigenvalue weighted by Gasteiger charge is -2.07. The summed E-state index contributed by atoms with van der Waals surface area (Å²) in [6, 6.07) is 10.9. The van der Waals surface area contributed by atoms with Crippen LogP contribution in [0.1, 0.15) is 122 Å². The van der Waals surface area contributed by atoms with E-state index in [1.54, 1.807) is 5.82 Å². The Hall–Kier alpha value is -1.57. The molecule has 0 radical (unpaired) electrons. The molecule has 0 aliphatic carbocycles. The largest absolute Gasteiger partial charge is 0.256 e. The predicted octanol–water partition coefficient (Wildman–Crippen LogP) is 8.45. The van der Waals surface area contributed by atoms with Gasteiger partial charge in [0.2, 0.25) is 0 Å². The quantitative estimate of drug-likeness (QED) is 0.144. The molecule has 0 fully saturated rings. The molecule has 0 aliphatic rings. The molecule has 0 saturated carbocycles. The Morgan fingerprint density at radius 3 is 1.88 bits per heavy atom. The van der Waals surface area contributed by atoms with Crippen LogP contribution in [-0.4, -0.2) is 4.57 Å². The summed E-state index contributed by atoms with van der Waals surface area (Å²) in [5.41, 5.74) is 1.46. The molecule has 2 nitrogen and oxygen atoms in total. The summed E-state index contributed by atoms with van der Waals surface area (Å²) in [7, 11) is 0. The number of aromatic nitrogens is 2. The highest BCUT2D eigenvalue weighted by atomic mass is 15.1. The molecule has 2 aromatic rings. The maximum absolute atomic E-state index is 2.57. The van der Waals surface area contributed by atoms with Gasteiger partial charge in [0.15, 0.2) is 0 Å². The topological polar surface area (TPSA) is 8.81 Å². The summed E-state index contributed by atoms with van der Waals surface area (Å²) < 4.78 is 5.13. The summed E-state index contributed by atoms with van der Waals surface area (Å²) in [5.74, 6) is 1.56. The molecule has 1 heterocycles. The fourth-order valence-corrected chi connectivity index (χ4v) is 4.77. The Morgan fingerprint density at radius 2 is 1.22 bits per heavy atom. The number of imidazole rings is 1. The van der Waals surface area contributed by atoms with Crippen LogP contribution in [0.15, 0.2) is 42.7 Å². The molecule has 1 aromatic heterocycles. The van der Waals surface area contributed by atoms with Crippen LogP contribution < -0.4 is 4.57 Å². The van der Waals surface area contributed by atoms with Crippen molar-refractivity contribution in [3.8, 4) is 0 Å². The van der Waals surface area contributed by atoms with Gasteiger partial charge in [-0.25, -0.2) is 9.13 Å². The molecule has 2 rings (SSSR count). The van der Waals surface area contributed by atoms with E-state index in [4.69, 9.17) is 0 Å². The third kappa shape index (κ3) is 11.3. The van der Waals surface area contributed by atoms with Gasteiger partial charge in [0.1, 0.15) is 12.4 Å². The number of benzene rings is 1. The Bertz CT molecular complexity index is 673. The van der Waals surface area contributed by atoms with Crippen molar-refractivity contribution in [2.75, 3.05) is 0 Å². The average molecular weight is 440 g/mol. The fourth-order valence-electron chi connectivity index (χ4n) is 4.77. The molecule has 180 valence electrons. The third-order valence-electron chi connectivity index (χ3n) is 6.80. The van der Waals surface area contributed by atoms with Crippen molar-refractivity contribution in [3.63, 3.8) is 0 Å². The molecule has 2 heteroatoms. The standard InChI is InChI=1S/C30H51N2/c1-3-5-7-9-10-11-12-14-19-25-31-27-28-32(30(31)24-18-13-8-6-4-2)26-20-23-29-21-16-15-17-22-29/h15-17,21-22,27-28H,3-14,18-20,23-26H2,1-2H3/q+1. The minimum Gasteiger partial charge on any atom is -0.234 e. The fraction of sp³-hybridized carbons (Fsp3) is 0.700. The lowest BCUT2D eigenvalue weighted by atomic mass is 10.1. The highest BCUT2D eigenvalue weighted by Gasteiger charge is 2.16. The molecule has 0 spiro atoms. The Morgan fingerprint density at radius 1 is 0.625 bits per heavy atom. The van der Waals surface area contributed by atoms with Crippen molar-refractivity contribution in [3.05, 3.63) is 54.1 Å². The van der Waals surface area contributed by atoms with Crippen molar-refractivity contribution in [2.45, 2.75) is 136 Å². The van der Waals surface area contributed by atoms with Crippen molar-refractivity contribution in [2.24, 2.45) is 0 Å². The number of rotatable bonds is 20. The van der Waals surface area contributed by atoms with E-state index < -0.39 is 0 Å². The van der Waals surface area contributed by atoms with Gasteiger partial charge in [-0.3, -0.25) is 0 Å². The van der Waals surface area contributed by atoms with Crippen LogP contribution in [-0.2, 0) is 25.9 Å². The smallest absolute Gasteiger partial charge is 0.234 e. The summed E-state index contributed by atoms with van der Waals surface area (Å²) in [6.45, 7) is 6.94. The molecule has 0 bridgehead atoms. The maximum atomic E-state index is 2.57. The van der Waals surface area contributed by atoms with Gasteiger partial charge in [-0.2, -0.15) is 0 Å². The van der Waals surface area contributed by atoms with Gasteiger partial charge in [0.25, 0.3) is 5.82 Å². The average Bonchev–Trinajstić information content (AvgIpc) is 3.20. The Kier molecular flexibility index (Phi) is 14.9.